The summed E-state index contributed by atoms with van der Waals surface area (Å²) in [7, 11) is 0. The molecule has 0 unspecified atom stereocenters. The first-order valence-electron chi connectivity index (χ1n) is 6.87. The minimum atomic E-state index is -0.0999. The summed E-state index contributed by atoms with van der Waals surface area (Å²) >= 11 is 1.64. The van der Waals surface area contributed by atoms with Crippen LogP contribution in [0.1, 0.15) is 11.4 Å². The maximum absolute atomic E-state index is 12.0. The smallest absolute Gasteiger partial charge is 0.258 e. The topological polar surface area (TPSA) is 69.5 Å². The highest BCUT2D eigenvalue weighted by Crippen LogP contribution is 2.19. The normalized spacial score (nSPS) is 10.5. The van der Waals surface area contributed by atoms with Gasteiger partial charge in [-0.3, -0.25) is 4.79 Å². The number of aromatic nitrogens is 2. The Balaban J connectivity index is 1.71. The summed E-state index contributed by atoms with van der Waals surface area (Å²) in [6.45, 7) is 0. The lowest BCUT2D eigenvalue weighted by Gasteiger charge is -2.04. The van der Waals surface area contributed by atoms with E-state index in [-0.39, 0.29) is 5.56 Å². The molecule has 5 heteroatoms. The quantitative estimate of drug-likeness (QED) is 0.752. The third-order valence-electron chi connectivity index (χ3n) is 3.23. The molecule has 1 N–H and O–H groups in total. The number of hydrogen-bond donors (Lipinski definition) is 1. The van der Waals surface area contributed by atoms with Crippen molar-refractivity contribution in [1.29, 1.82) is 5.26 Å². The standard InChI is InChI=1S/C17H13N3OS/c18-11-12-4-3-5-13(10-12)22-9-8-16-19-15-7-2-1-6-14(15)17(21)20-16/h1-7,10H,8-9H2,(H,19,20,21). The number of benzene rings is 2. The fourth-order valence-electron chi connectivity index (χ4n) is 2.17. The van der Waals surface area contributed by atoms with Crippen LogP contribution in [0.4, 0.5) is 0 Å². The zero-order valence-electron chi connectivity index (χ0n) is 11.7. The number of aryl methyl sites for hydroxylation is 1. The average Bonchev–Trinajstić information content (AvgIpc) is 2.55. The first kappa shape index (κ1) is 14.4. The number of nitrogens with one attached hydrogen (secondary N) is 1. The molecule has 22 heavy (non-hydrogen) atoms. The third kappa shape index (κ3) is 3.18. The molecule has 0 aliphatic rings. The lowest BCUT2D eigenvalue weighted by molar-refractivity contribution is 0.952. The highest BCUT2D eigenvalue weighted by Gasteiger charge is 2.04. The van der Waals surface area contributed by atoms with Crippen molar-refractivity contribution < 1.29 is 0 Å². The van der Waals surface area contributed by atoms with Crippen molar-refractivity contribution in [2.24, 2.45) is 0 Å². The van der Waals surface area contributed by atoms with Gasteiger partial charge in [0.15, 0.2) is 0 Å². The number of rotatable bonds is 4. The Morgan fingerprint density at radius 3 is 2.91 bits per heavy atom. The predicted molar refractivity (Wildman–Crippen MR) is 87.9 cm³/mol. The van der Waals surface area contributed by atoms with Crippen LogP contribution in [0.2, 0.25) is 0 Å². The van der Waals surface area contributed by atoms with Crippen LogP contribution in [0.3, 0.4) is 0 Å². The fourth-order valence-corrected chi connectivity index (χ4v) is 3.09. The summed E-state index contributed by atoms with van der Waals surface area (Å²) in [5.74, 6) is 1.48. The molecule has 1 heterocycles. The fraction of sp³-hybridized carbons (Fsp3) is 0.118. The zero-order valence-corrected chi connectivity index (χ0v) is 12.6. The van der Waals surface area contributed by atoms with Gasteiger partial charge in [-0.2, -0.15) is 5.26 Å². The molecule has 0 atom stereocenters. The molecule has 3 aromatic rings. The van der Waals surface area contributed by atoms with Crippen LogP contribution in [0.25, 0.3) is 10.9 Å². The molecule has 3 rings (SSSR count). The molecule has 0 saturated carbocycles. The van der Waals surface area contributed by atoms with E-state index < -0.39 is 0 Å². The molecule has 0 saturated heterocycles. The zero-order chi connectivity index (χ0) is 15.4. The van der Waals surface area contributed by atoms with Crippen molar-refractivity contribution >= 4 is 22.7 Å². The molecule has 0 amide bonds. The SMILES string of the molecule is N#Cc1cccc(SCCc2nc3ccccc3c(=O)[nH]2)c1. The first-order chi connectivity index (χ1) is 10.8. The minimum absolute atomic E-state index is 0.0999. The van der Waals surface area contributed by atoms with Crippen molar-refractivity contribution in [3.05, 3.63) is 70.3 Å². The van der Waals surface area contributed by atoms with Crippen molar-refractivity contribution in [2.75, 3.05) is 5.75 Å². The Morgan fingerprint density at radius 1 is 1.18 bits per heavy atom. The number of H-pyrrole nitrogens is 1. The average molecular weight is 307 g/mol. The number of nitriles is 1. The summed E-state index contributed by atoms with van der Waals surface area (Å²) in [6, 6.07) is 16.9. The Labute approximate surface area is 131 Å². The molecule has 0 fully saturated rings. The first-order valence-corrected chi connectivity index (χ1v) is 7.86. The van der Waals surface area contributed by atoms with Gasteiger partial charge in [-0.15, -0.1) is 11.8 Å². The number of hydrogen-bond acceptors (Lipinski definition) is 4. The van der Waals surface area contributed by atoms with Crippen molar-refractivity contribution in [1.82, 2.24) is 9.97 Å². The van der Waals surface area contributed by atoms with E-state index in [4.69, 9.17) is 5.26 Å². The van der Waals surface area contributed by atoms with Crippen LogP contribution in [-0.2, 0) is 6.42 Å². The maximum Gasteiger partial charge on any atom is 0.258 e. The van der Waals surface area contributed by atoms with Gasteiger partial charge in [0.25, 0.3) is 5.56 Å². The van der Waals surface area contributed by atoms with Gasteiger partial charge < -0.3 is 4.98 Å². The number of fused-ring (bicyclic) bond motifs is 1. The molecule has 1 aromatic heterocycles. The number of aromatic amines is 1. The van der Waals surface area contributed by atoms with E-state index in [1.165, 1.54) is 0 Å². The lowest BCUT2D eigenvalue weighted by atomic mass is 10.2. The summed E-state index contributed by atoms with van der Waals surface area (Å²) < 4.78 is 0. The third-order valence-corrected chi connectivity index (χ3v) is 4.23. The molecule has 0 aliphatic heterocycles. The molecule has 0 spiro atoms. The van der Waals surface area contributed by atoms with E-state index in [0.717, 1.165) is 16.2 Å². The van der Waals surface area contributed by atoms with Crippen LogP contribution in [0, 0.1) is 11.3 Å². The highest BCUT2D eigenvalue weighted by atomic mass is 32.2. The van der Waals surface area contributed by atoms with Gasteiger partial charge in [0.05, 0.1) is 22.5 Å². The second-order valence-electron chi connectivity index (χ2n) is 4.77. The van der Waals surface area contributed by atoms with E-state index >= 15 is 0 Å². The van der Waals surface area contributed by atoms with Crippen LogP contribution in [-0.4, -0.2) is 15.7 Å². The van der Waals surface area contributed by atoms with Crippen LogP contribution in [0.5, 0.6) is 0 Å². The molecule has 0 radical (unpaired) electrons. The van der Waals surface area contributed by atoms with Crippen molar-refractivity contribution in [3.8, 4) is 6.07 Å². The maximum atomic E-state index is 12.0. The minimum Gasteiger partial charge on any atom is -0.310 e. The number of nitrogens with zero attached hydrogens (tertiary/aromatic N) is 2. The Hall–Kier alpha value is -2.58. The number of para-hydroxylation sites is 1. The van der Waals surface area contributed by atoms with E-state index in [9.17, 15) is 4.79 Å². The lowest BCUT2D eigenvalue weighted by Crippen LogP contribution is -2.12. The van der Waals surface area contributed by atoms with Gasteiger partial charge in [-0.25, -0.2) is 4.98 Å². The second kappa shape index (κ2) is 6.46. The molecule has 4 nitrogen and oxygen atoms in total. The second-order valence-corrected chi connectivity index (χ2v) is 5.94. The van der Waals surface area contributed by atoms with Gasteiger partial charge in [0.1, 0.15) is 5.82 Å². The monoisotopic (exact) mass is 307 g/mol. The molecular formula is C17H13N3OS. The molecule has 108 valence electrons. The Bertz CT molecular complexity index is 911. The van der Waals surface area contributed by atoms with Gasteiger partial charge in [0, 0.05) is 17.1 Å². The van der Waals surface area contributed by atoms with Crippen LogP contribution >= 0.6 is 11.8 Å². The Morgan fingerprint density at radius 2 is 2.05 bits per heavy atom. The van der Waals surface area contributed by atoms with E-state index in [1.807, 2.05) is 36.4 Å². The van der Waals surface area contributed by atoms with Crippen molar-refractivity contribution in [3.63, 3.8) is 0 Å². The summed E-state index contributed by atoms with van der Waals surface area (Å²) in [5, 5.41) is 9.50. The van der Waals surface area contributed by atoms with E-state index in [1.54, 1.807) is 23.9 Å². The van der Waals surface area contributed by atoms with Gasteiger partial charge in [0.2, 0.25) is 0 Å². The summed E-state index contributed by atoms with van der Waals surface area (Å²) in [4.78, 5) is 20.3. The van der Waals surface area contributed by atoms with Crippen LogP contribution in [0.15, 0.2) is 58.2 Å². The van der Waals surface area contributed by atoms with Gasteiger partial charge in [-0.05, 0) is 30.3 Å². The van der Waals surface area contributed by atoms with E-state index in [0.29, 0.717) is 23.2 Å². The number of thioether (sulfide) groups is 1. The molecule has 2 aromatic carbocycles. The highest BCUT2D eigenvalue weighted by molar-refractivity contribution is 7.99. The summed E-state index contributed by atoms with van der Waals surface area (Å²) in [5.41, 5.74) is 1.28. The van der Waals surface area contributed by atoms with Crippen molar-refractivity contribution in [2.45, 2.75) is 11.3 Å². The predicted octanol–water partition coefficient (Wildman–Crippen LogP) is 3.13. The largest absolute Gasteiger partial charge is 0.310 e. The van der Waals surface area contributed by atoms with Crippen LogP contribution < -0.4 is 5.56 Å². The molecule has 0 aliphatic carbocycles. The Kier molecular flexibility index (Phi) is 4.22. The summed E-state index contributed by atoms with van der Waals surface area (Å²) in [6.07, 6.45) is 0.668. The van der Waals surface area contributed by atoms with E-state index in [2.05, 4.69) is 16.0 Å². The molecule has 0 bridgehead atoms. The van der Waals surface area contributed by atoms with Gasteiger partial charge >= 0.3 is 0 Å². The molecular weight excluding hydrogens is 294 g/mol. The van der Waals surface area contributed by atoms with Gasteiger partial charge in [-0.1, -0.05) is 18.2 Å².